The van der Waals surface area contributed by atoms with Crippen LogP contribution in [0.25, 0.3) is 22.4 Å². The molecule has 1 unspecified atom stereocenters. The van der Waals surface area contributed by atoms with E-state index < -0.39 is 6.04 Å². The van der Waals surface area contributed by atoms with Crippen LogP contribution in [-0.2, 0) is 9.53 Å². The van der Waals surface area contributed by atoms with Gasteiger partial charge in [0.2, 0.25) is 17.8 Å². The topological polar surface area (TPSA) is 154 Å². The third-order valence-corrected chi connectivity index (χ3v) is 5.91. The van der Waals surface area contributed by atoms with Crippen LogP contribution in [0.15, 0.2) is 18.7 Å². The lowest BCUT2D eigenvalue weighted by molar-refractivity contribution is -0.131. The molecular formula is C20H26N10O2. The quantitative estimate of drug-likeness (QED) is 0.560. The highest BCUT2D eigenvalue weighted by atomic mass is 16.5. The summed E-state index contributed by atoms with van der Waals surface area (Å²) in [5.74, 6) is 0.763. The van der Waals surface area contributed by atoms with E-state index >= 15 is 0 Å². The van der Waals surface area contributed by atoms with E-state index in [2.05, 4.69) is 19.9 Å². The largest absolute Gasteiger partial charge is 0.378 e. The van der Waals surface area contributed by atoms with Gasteiger partial charge in [0, 0.05) is 44.1 Å². The number of fused-ring (bicyclic) bond motifs is 1. The van der Waals surface area contributed by atoms with Crippen LogP contribution < -0.4 is 16.4 Å². The number of rotatable bonds is 4. The van der Waals surface area contributed by atoms with E-state index in [9.17, 15) is 4.79 Å². The summed E-state index contributed by atoms with van der Waals surface area (Å²) in [7, 11) is 0. The van der Waals surface area contributed by atoms with Crippen LogP contribution in [0.3, 0.4) is 0 Å². The molecule has 2 fully saturated rings. The first kappa shape index (κ1) is 20.5. The Kier molecular flexibility index (Phi) is 5.31. The fraction of sp³-hybridized carbons (Fsp3) is 0.500. The summed E-state index contributed by atoms with van der Waals surface area (Å²) in [6.45, 7) is 5.60. The zero-order valence-corrected chi connectivity index (χ0v) is 17.9. The van der Waals surface area contributed by atoms with Gasteiger partial charge in [0.25, 0.3) is 0 Å². The van der Waals surface area contributed by atoms with Gasteiger partial charge in [-0.1, -0.05) is 0 Å². The summed E-state index contributed by atoms with van der Waals surface area (Å²) in [6.07, 6.45) is 5.87. The molecule has 0 saturated carbocycles. The molecule has 0 radical (unpaired) electrons. The molecule has 12 nitrogen and oxygen atoms in total. The summed E-state index contributed by atoms with van der Waals surface area (Å²) in [6, 6.07) is -0.452. The van der Waals surface area contributed by atoms with Gasteiger partial charge < -0.3 is 30.6 Å². The fourth-order valence-corrected chi connectivity index (χ4v) is 4.20. The van der Waals surface area contributed by atoms with Gasteiger partial charge in [0.05, 0.1) is 31.6 Å². The number of aromatic nitrogens is 6. The maximum atomic E-state index is 12.4. The van der Waals surface area contributed by atoms with Gasteiger partial charge in [-0.25, -0.2) is 19.9 Å². The van der Waals surface area contributed by atoms with Crippen molar-refractivity contribution in [2.75, 3.05) is 50.0 Å². The number of carbonyl (C=O) groups excluding carboxylic acids is 1. The second-order valence-corrected chi connectivity index (χ2v) is 8.14. The van der Waals surface area contributed by atoms with Crippen molar-refractivity contribution in [1.29, 1.82) is 0 Å². The number of hydrogen-bond donors (Lipinski definition) is 2. The fourth-order valence-electron chi connectivity index (χ4n) is 4.20. The van der Waals surface area contributed by atoms with Crippen molar-refractivity contribution in [2.45, 2.75) is 25.4 Å². The average molecular weight is 438 g/mol. The van der Waals surface area contributed by atoms with E-state index in [1.165, 1.54) is 0 Å². The summed E-state index contributed by atoms with van der Waals surface area (Å²) < 4.78 is 7.52. The van der Waals surface area contributed by atoms with E-state index in [-0.39, 0.29) is 17.9 Å². The Morgan fingerprint density at radius 3 is 2.62 bits per heavy atom. The van der Waals surface area contributed by atoms with Gasteiger partial charge in [0.15, 0.2) is 5.65 Å². The van der Waals surface area contributed by atoms with E-state index in [0.29, 0.717) is 67.8 Å². The van der Waals surface area contributed by atoms with Gasteiger partial charge in [-0.2, -0.15) is 4.98 Å². The average Bonchev–Trinajstić information content (AvgIpc) is 3.46. The highest BCUT2D eigenvalue weighted by molar-refractivity contribution is 5.88. The Balaban J connectivity index is 1.57. The van der Waals surface area contributed by atoms with Gasteiger partial charge in [-0.15, -0.1) is 0 Å². The van der Waals surface area contributed by atoms with Crippen molar-refractivity contribution in [3.63, 3.8) is 0 Å². The van der Waals surface area contributed by atoms with Gasteiger partial charge in [-0.3, -0.25) is 4.79 Å². The third kappa shape index (κ3) is 3.71. The molecule has 1 amide bonds. The molecule has 0 spiro atoms. The SMILES string of the molecule is C[C@@H](N)C(=O)N1CCC(n2cnc3c(-c4cnc(N)nc4)nc(N4CCOCC4)nc32)C1. The molecule has 4 N–H and O–H groups in total. The van der Waals surface area contributed by atoms with Crippen LogP contribution in [0.2, 0.25) is 0 Å². The second kappa shape index (κ2) is 8.28. The van der Waals surface area contributed by atoms with Crippen LogP contribution in [0.5, 0.6) is 0 Å². The van der Waals surface area contributed by atoms with E-state index in [1.807, 2.05) is 4.57 Å². The van der Waals surface area contributed by atoms with Gasteiger partial charge in [0.1, 0.15) is 11.2 Å². The number of anilines is 2. The molecule has 3 aromatic heterocycles. The van der Waals surface area contributed by atoms with Gasteiger partial charge in [-0.05, 0) is 13.3 Å². The maximum Gasteiger partial charge on any atom is 0.239 e. The molecule has 2 aliphatic rings. The predicted molar refractivity (Wildman–Crippen MR) is 118 cm³/mol. The van der Waals surface area contributed by atoms with Crippen LogP contribution in [0.4, 0.5) is 11.9 Å². The first-order valence-electron chi connectivity index (χ1n) is 10.7. The number of nitrogens with two attached hydrogens (primary N) is 2. The smallest absolute Gasteiger partial charge is 0.239 e. The van der Waals surface area contributed by atoms with E-state index in [0.717, 1.165) is 6.42 Å². The lowest BCUT2D eigenvalue weighted by atomic mass is 10.2. The van der Waals surface area contributed by atoms with Crippen molar-refractivity contribution in [3.05, 3.63) is 18.7 Å². The molecule has 32 heavy (non-hydrogen) atoms. The zero-order valence-electron chi connectivity index (χ0n) is 17.9. The van der Waals surface area contributed by atoms with Crippen LogP contribution in [0.1, 0.15) is 19.4 Å². The highest BCUT2D eigenvalue weighted by Crippen LogP contribution is 2.31. The number of nitrogen functional groups attached to an aromatic ring is 1. The minimum atomic E-state index is -0.513. The molecule has 0 aromatic carbocycles. The number of amides is 1. The predicted octanol–water partition coefficient (Wildman–Crippen LogP) is -0.177. The van der Waals surface area contributed by atoms with Gasteiger partial charge >= 0.3 is 0 Å². The number of morpholine rings is 1. The number of nitrogens with zero attached hydrogens (tertiary/aromatic N) is 8. The monoisotopic (exact) mass is 438 g/mol. The summed E-state index contributed by atoms with van der Waals surface area (Å²) in [5.41, 5.74) is 14.2. The number of likely N-dealkylation sites (tertiary alicyclic amines) is 1. The summed E-state index contributed by atoms with van der Waals surface area (Å²) in [4.78, 5) is 38.8. The molecular weight excluding hydrogens is 412 g/mol. The van der Waals surface area contributed by atoms with Crippen LogP contribution in [-0.4, -0.2) is 85.7 Å². The molecule has 2 atom stereocenters. The van der Waals surface area contributed by atoms with E-state index in [4.69, 9.17) is 26.2 Å². The molecule has 2 aliphatic heterocycles. The van der Waals surface area contributed by atoms with E-state index in [1.54, 1.807) is 30.5 Å². The van der Waals surface area contributed by atoms with Crippen molar-refractivity contribution in [1.82, 2.24) is 34.4 Å². The Morgan fingerprint density at radius 2 is 1.91 bits per heavy atom. The number of carbonyl (C=O) groups is 1. The highest BCUT2D eigenvalue weighted by Gasteiger charge is 2.31. The third-order valence-electron chi connectivity index (χ3n) is 5.91. The summed E-state index contributed by atoms with van der Waals surface area (Å²) >= 11 is 0. The normalized spacial score (nSPS) is 20.1. The summed E-state index contributed by atoms with van der Waals surface area (Å²) in [5, 5.41) is 0. The number of ether oxygens (including phenoxy) is 1. The Labute approximate surface area is 184 Å². The molecule has 0 bridgehead atoms. The number of hydrogen-bond acceptors (Lipinski definition) is 10. The van der Waals surface area contributed by atoms with Crippen molar-refractivity contribution in [2.24, 2.45) is 5.73 Å². The van der Waals surface area contributed by atoms with Crippen LogP contribution >= 0.6 is 0 Å². The first-order chi connectivity index (χ1) is 15.5. The minimum absolute atomic E-state index is 0.0414. The maximum absolute atomic E-state index is 12.4. The molecule has 12 heteroatoms. The molecule has 5 heterocycles. The molecule has 5 rings (SSSR count). The van der Waals surface area contributed by atoms with Crippen molar-refractivity contribution < 1.29 is 9.53 Å². The minimum Gasteiger partial charge on any atom is -0.378 e. The second-order valence-electron chi connectivity index (χ2n) is 8.14. The molecule has 3 aromatic rings. The Bertz CT molecular complexity index is 1120. The van der Waals surface area contributed by atoms with Crippen molar-refractivity contribution >= 4 is 29.0 Å². The van der Waals surface area contributed by atoms with Crippen molar-refractivity contribution in [3.8, 4) is 11.3 Å². The van der Waals surface area contributed by atoms with Crippen LogP contribution in [0, 0.1) is 0 Å². The lowest BCUT2D eigenvalue weighted by Gasteiger charge is -2.27. The standard InChI is InChI=1S/C20H26N10O2/c1-12(21)18(31)29-3-2-14(10-29)30-11-25-16-15(13-8-23-19(22)24-9-13)26-20(27-17(16)30)28-4-6-32-7-5-28/h8-9,11-12,14H,2-7,10,21H2,1H3,(H2,22,23,24)/t12-,14?/m1/s1. The molecule has 2 saturated heterocycles. The first-order valence-corrected chi connectivity index (χ1v) is 10.7. The Hall–Kier alpha value is -3.38. The molecule has 168 valence electrons. The zero-order chi connectivity index (χ0) is 22.2. The number of imidazole rings is 1. The lowest BCUT2D eigenvalue weighted by Crippen LogP contribution is -2.40. The Morgan fingerprint density at radius 1 is 1.16 bits per heavy atom. The molecule has 0 aliphatic carbocycles.